The molecular formula is C19H24ClN5O2. The number of carbonyl (C=O) groups is 1. The van der Waals surface area contributed by atoms with Crippen molar-refractivity contribution in [2.45, 2.75) is 39.7 Å². The highest BCUT2D eigenvalue weighted by atomic mass is 35.5. The summed E-state index contributed by atoms with van der Waals surface area (Å²) < 4.78 is 0. The van der Waals surface area contributed by atoms with Crippen LogP contribution in [0.3, 0.4) is 0 Å². The zero-order valence-electron chi connectivity index (χ0n) is 15.7. The van der Waals surface area contributed by atoms with Gasteiger partial charge in [-0.15, -0.1) is 0 Å². The predicted octanol–water partition coefficient (Wildman–Crippen LogP) is 3.80. The van der Waals surface area contributed by atoms with Crippen molar-refractivity contribution in [1.82, 2.24) is 19.9 Å². The number of anilines is 1. The fraction of sp³-hybridized carbons (Fsp3) is 0.474. The van der Waals surface area contributed by atoms with Gasteiger partial charge in [-0.2, -0.15) is 0 Å². The first-order chi connectivity index (χ1) is 12.8. The molecule has 0 saturated carbocycles. The maximum absolute atomic E-state index is 11.8. The number of carboxylic acid groups (broad SMARTS) is 1. The Morgan fingerprint density at radius 1 is 1.37 bits per heavy atom. The molecule has 0 spiro atoms. The third kappa shape index (κ3) is 4.30. The minimum atomic E-state index is -0.935. The van der Waals surface area contributed by atoms with E-state index in [0.29, 0.717) is 25.3 Å². The first kappa shape index (κ1) is 19.4. The number of pyridine rings is 1. The number of rotatable bonds is 4. The highest BCUT2D eigenvalue weighted by Crippen LogP contribution is 2.44. The third-order valence-electron chi connectivity index (χ3n) is 4.64. The summed E-state index contributed by atoms with van der Waals surface area (Å²) in [4.78, 5) is 26.4. The first-order valence-corrected chi connectivity index (χ1v) is 9.35. The smallest absolute Gasteiger partial charge is 0.407 e. The Morgan fingerprint density at radius 3 is 2.78 bits per heavy atom. The number of amides is 1. The topological polar surface area (TPSA) is 91.2 Å². The number of nitrogens with one attached hydrogen (secondary N) is 1. The summed E-state index contributed by atoms with van der Waals surface area (Å²) in [5.41, 5.74) is 2.29. The Labute approximate surface area is 163 Å². The molecule has 27 heavy (non-hydrogen) atoms. The standard InChI is InChI=1S/C19H24ClN5O2/c1-19(2,3)15-14-13(8-11-25(15)18(26)27)23-17(20)24-16(14)22-10-7-12-6-4-5-9-21-12/h4-6,9,15H,7-8,10-11H2,1-3H3,(H,26,27)(H,22,23,24). The van der Waals surface area contributed by atoms with Gasteiger partial charge in [0.25, 0.3) is 0 Å². The van der Waals surface area contributed by atoms with Gasteiger partial charge in [-0.1, -0.05) is 26.8 Å². The molecule has 3 rings (SSSR count). The average Bonchev–Trinajstić information content (AvgIpc) is 2.60. The molecule has 1 amide bonds. The average molecular weight is 390 g/mol. The van der Waals surface area contributed by atoms with Gasteiger partial charge in [-0.25, -0.2) is 14.8 Å². The quantitative estimate of drug-likeness (QED) is 0.773. The molecule has 2 N–H and O–H groups in total. The lowest BCUT2D eigenvalue weighted by molar-refractivity contribution is 0.0754. The Morgan fingerprint density at radius 2 is 2.15 bits per heavy atom. The summed E-state index contributed by atoms with van der Waals surface area (Å²) >= 11 is 6.13. The van der Waals surface area contributed by atoms with E-state index in [0.717, 1.165) is 23.4 Å². The maximum atomic E-state index is 11.8. The Balaban J connectivity index is 1.93. The van der Waals surface area contributed by atoms with Crippen LogP contribution in [0.5, 0.6) is 0 Å². The highest BCUT2D eigenvalue weighted by Gasteiger charge is 2.41. The fourth-order valence-electron chi connectivity index (χ4n) is 3.57. The number of hydrogen-bond donors (Lipinski definition) is 2. The van der Waals surface area contributed by atoms with Crippen LogP contribution in [0.4, 0.5) is 10.6 Å². The van der Waals surface area contributed by atoms with E-state index in [1.807, 2.05) is 39.0 Å². The second-order valence-corrected chi connectivity index (χ2v) is 8.03. The van der Waals surface area contributed by atoms with Crippen molar-refractivity contribution < 1.29 is 9.90 Å². The molecule has 3 heterocycles. The monoisotopic (exact) mass is 389 g/mol. The van der Waals surface area contributed by atoms with Crippen molar-refractivity contribution >= 4 is 23.5 Å². The highest BCUT2D eigenvalue weighted by molar-refractivity contribution is 6.28. The summed E-state index contributed by atoms with van der Waals surface area (Å²) in [5, 5.41) is 13.2. The van der Waals surface area contributed by atoms with Gasteiger partial charge in [0.15, 0.2) is 0 Å². The summed E-state index contributed by atoms with van der Waals surface area (Å²) in [5.74, 6) is 0.604. The summed E-state index contributed by atoms with van der Waals surface area (Å²) in [7, 11) is 0. The molecule has 1 aliphatic rings. The number of halogens is 1. The lowest BCUT2D eigenvalue weighted by Gasteiger charge is -2.43. The molecule has 0 aromatic carbocycles. The second-order valence-electron chi connectivity index (χ2n) is 7.69. The molecule has 0 saturated heterocycles. The van der Waals surface area contributed by atoms with Crippen LogP contribution in [0.25, 0.3) is 0 Å². The molecule has 1 aliphatic heterocycles. The number of nitrogens with zero attached hydrogens (tertiary/aromatic N) is 4. The number of hydrogen-bond acceptors (Lipinski definition) is 5. The third-order valence-corrected chi connectivity index (χ3v) is 4.81. The van der Waals surface area contributed by atoms with E-state index in [1.165, 1.54) is 4.90 Å². The Kier molecular flexibility index (Phi) is 5.51. The zero-order chi connectivity index (χ0) is 19.6. The molecule has 0 fully saturated rings. The molecule has 2 aromatic rings. The number of fused-ring (bicyclic) bond motifs is 1. The van der Waals surface area contributed by atoms with E-state index in [4.69, 9.17) is 11.6 Å². The molecule has 144 valence electrons. The first-order valence-electron chi connectivity index (χ1n) is 8.97. The largest absolute Gasteiger partial charge is 0.465 e. The van der Waals surface area contributed by atoms with Crippen LogP contribution in [0.15, 0.2) is 24.4 Å². The summed E-state index contributed by atoms with van der Waals surface area (Å²) in [6.45, 7) is 7.07. The van der Waals surface area contributed by atoms with Gasteiger partial charge in [0.05, 0.1) is 11.7 Å². The lowest BCUT2D eigenvalue weighted by atomic mass is 9.78. The van der Waals surface area contributed by atoms with Crippen molar-refractivity contribution in [3.05, 3.63) is 46.6 Å². The van der Waals surface area contributed by atoms with Crippen LogP contribution in [-0.4, -0.2) is 44.1 Å². The van der Waals surface area contributed by atoms with Crippen LogP contribution in [0.2, 0.25) is 5.28 Å². The normalized spacial score (nSPS) is 16.7. The van der Waals surface area contributed by atoms with Crippen molar-refractivity contribution in [3.63, 3.8) is 0 Å². The summed E-state index contributed by atoms with van der Waals surface area (Å²) in [6, 6.07) is 5.44. The zero-order valence-corrected chi connectivity index (χ0v) is 16.5. The molecule has 7 nitrogen and oxygen atoms in total. The van der Waals surface area contributed by atoms with Crippen LogP contribution in [-0.2, 0) is 12.8 Å². The van der Waals surface area contributed by atoms with Crippen molar-refractivity contribution in [2.24, 2.45) is 5.41 Å². The van der Waals surface area contributed by atoms with E-state index in [2.05, 4.69) is 20.3 Å². The molecule has 1 atom stereocenters. The van der Waals surface area contributed by atoms with E-state index in [1.54, 1.807) is 6.20 Å². The van der Waals surface area contributed by atoms with Gasteiger partial charge in [-0.3, -0.25) is 4.98 Å². The van der Waals surface area contributed by atoms with Gasteiger partial charge in [0, 0.05) is 43.4 Å². The van der Waals surface area contributed by atoms with Crippen LogP contribution in [0.1, 0.15) is 43.8 Å². The maximum Gasteiger partial charge on any atom is 0.407 e. The molecular weight excluding hydrogens is 366 g/mol. The van der Waals surface area contributed by atoms with Gasteiger partial charge in [0.1, 0.15) is 5.82 Å². The lowest BCUT2D eigenvalue weighted by Crippen LogP contribution is -2.45. The molecule has 2 aromatic heterocycles. The minimum absolute atomic E-state index is 0.172. The minimum Gasteiger partial charge on any atom is -0.465 e. The van der Waals surface area contributed by atoms with Crippen molar-refractivity contribution in [3.8, 4) is 0 Å². The van der Waals surface area contributed by atoms with E-state index in [9.17, 15) is 9.90 Å². The van der Waals surface area contributed by atoms with Crippen molar-refractivity contribution in [1.29, 1.82) is 0 Å². The van der Waals surface area contributed by atoms with Crippen molar-refractivity contribution in [2.75, 3.05) is 18.4 Å². The molecule has 0 radical (unpaired) electrons. The van der Waals surface area contributed by atoms with E-state index >= 15 is 0 Å². The molecule has 0 bridgehead atoms. The Hall–Kier alpha value is -2.41. The SMILES string of the molecule is CC(C)(C)C1c2c(nc(Cl)nc2NCCc2ccccn2)CCN1C(=O)O. The molecule has 1 unspecified atom stereocenters. The van der Waals surface area contributed by atoms with Crippen LogP contribution >= 0.6 is 11.6 Å². The van der Waals surface area contributed by atoms with Gasteiger partial charge >= 0.3 is 6.09 Å². The molecule has 8 heteroatoms. The number of aromatic nitrogens is 3. The van der Waals surface area contributed by atoms with E-state index < -0.39 is 6.09 Å². The van der Waals surface area contributed by atoms with Crippen LogP contribution in [0, 0.1) is 5.41 Å². The van der Waals surface area contributed by atoms with Gasteiger partial charge in [-0.05, 0) is 29.1 Å². The fourth-order valence-corrected chi connectivity index (χ4v) is 3.76. The van der Waals surface area contributed by atoms with Gasteiger partial charge in [0.2, 0.25) is 5.28 Å². The second kappa shape index (κ2) is 7.68. The predicted molar refractivity (Wildman–Crippen MR) is 104 cm³/mol. The molecule has 0 aliphatic carbocycles. The van der Waals surface area contributed by atoms with Crippen LogP contribution < -0.4 is 5.32 Å². The Bertz CT molecular complexity index is 823. The van der Waals surface area contributed by atoms with Gasteiger partial charge < -0.3 is 15.3 Å². The van der Waals surface area contributed by atoms with E-state index in [-0.39, 0.29) is 16.7 Å². The summed E-state index contributed by atoms with van der Waals surface area (Å²) in [6.07, 6.45) is 2.07.